The number of hydrogen-bond donors (Lipinski definition) is 2. The molecular weight excluding hydrogens is 260 g/mol. The summed E-state index contributed by atoms with van der Waals surface area (Å²) in [7, 11) is 0. The van der Waals surface area contributed by atoms with Crippen molar-refractivity contribution in [2.75, 3.05) is 11.9 Å². The molecule has 0 unspecified atom stereocenters. The Balaban J connectivity index is 2.06. The van der Waals surface area contributed by atoms with E-state index < -0.39 is 5.97 Å². The van der Waals surface area contributed by atoms with Gasteiger partial charge in [0.05, 0.1) is 12.1 Å². The van der Waals surface area contributed by atoms with Crippen LogP contribution in [0.25, 0.3) is 0 Å². The lowest BCUT2D eigenvalue weighted by atomic mass is 10.0. The number of anilines is 1. The number of aliphatic carboxylic acids is 1. The number of carboxylic acids is 1. The summed E-state index contributed by atoms with van der Waals surface area (Å²) in [4.78, 5) is 14.8. The molecule has 0 spiro atoms. The second-order valence-corrected chi connectivity index (χ2v) is 6.10. The van der Waals surface area contributed by atoms with Crippen molar-refractivity contribution in [1.29, 1.82) is 0 Å². The molecule has 0 saturated carbocycles. The fraction of sp³-hybridized carbons (Fsp3) is 0.714. The molecule has 0 amide bonds. The zero-order valence-corrected chi connectivity index (χ0v) is 12.6. The summed E-state index contributed by atoms with van der Waals surface area (Å²) < 4.78 is 0. The van der Waals surface area contributed by atoms with Crippen LogP contribution < -0.4 is 5.32 Å². The first kappa shape index (κ1) is 16.0. The summed E-state index contributed by atoms with van der Waals surface area (Å²) in [5.41, 5.74) is 0.636. The molecule has 0 fully saturated rings. The molecule has 0 aromatic carbocycles. The molecule has 0 bridgehead atoms. The zero-order chi connectivity index (χ0) is 14.1. The molecule has 108 valence electrons. The molecule has 19 heavy (non-hydrogen) atoms. The van der Waals surface area contributed by atoms with Gasteiger partial charge in [-0.15, -0.1) is 11.3 Å². The van der Waals surface area contributed by atoms with Crippen molar-refractivity contribution in [3.63, 3.8) is 0 Å². The Morgan fingerprint density at radius 3 is 2.79 bits per heavy atom. The summed E-state index contributed by atoms with van der Waals surface area (Å²) in [6.07, 6.45) is 6.32. The number of hydrogen-bond acceptors (Lipinski definition) is 4. The van der Waals surface area contributed by atoms with Crippen molar-refractivity contribution in [2.24, 2.45) is 5.92 Å². The van der Waals surface area contributed by atoms with Gasteiger partial charge in [-0.25, -0.2) is 4.98 Å². The van der Waals surface area contributed by atoms with Gasteiger partial charge in [0.1, 0.15) is 0 Å². The molecule has 0 aliphatic heterocycles. The van der Waals surface area contributed by atoms with E-state index in [2.05, 4.69) is 24.1 Å². The highest BCUT2D eigenvalue weighted by Crippen LogP contribution is 2.16. The molecule has 0 atom stereocenters. The number of carboxylic acid groups (broad SMARTS) is 1. The lowest BCUT2D eigenvalue weighted by Crippen LogP contribution is -2.03. The molecule has 1 rings (SSSR count). The van der Waals surface area contributed by atoms with E-state index in [1.54, 1.807) is 5.38 Å². The van der Waals surface area contributed by atoms with Gasteiger partial charge in [0.25, 0.3) is 0 Å². The first-order chi connectivity index (χ1) is 9.08. The first-order valence-corrected chi connectivity index (χ1v) is 7.86. The second kappa shape index (κ2) is 8.91. The van der Waals surface area contributed by atoms with Crippen LogP contribution in [-0.4, -0.2) is 22.6 Å². The molecule has 1 aromatic heterocycles. The monoisotopic (exact) mass is 284 g/mol. The molecule has 4 nitrogen and oxygen atoms in total. The molecular formula is C14H24N2O2S. The van der Waals surface area contributed by atoms with Gasteiger partial charge in [-0.2, -0.15) is 0 Å². The van der Waals surface area contributed by atoms with Crippen molar-refractivity contribution >= 4 is 22.4 Å². The largest absolute Gasteiger partial charge is 0.481 e. The van der Waals surface area contributed by atoms with E-state index in [1.165, 1.54) is 37.0 Å². The Labute approximate surface area is 119 Å². The zero-order valence-electron chi connectivity index (χ0n) is 11.8. The minimum atomic E-state index is -0.831. The van der Waals surface area contributed by atoms with Crippen LogP contribution in [0.5, 0.6) is 0 Å². The van der Waals surface area contributed by atoms with Crippen molar-refractivity contribution in [1.82, 2.24) is 4.98 Å². The predicted octanol–water partition coefficient (Wildman–Crippen LogP) is 3.79. The lowest BCUT2D eigenvalue weighted by Gasteiger charge is -2.05. The Hall–Kier alpha value is -1.10. The van der Waals surface area contributed by atoms with E-state index >= 15 is 0 Å². The normalized spacial score (nSPS) is 10.9. The van der Waals surface area contributed by atoms with Crippen LogP contribution in [0.15, 0.2) is 5.38 Å². The Bertz CT molecular complexity index is 377. The van der Waals surface area contributed by atoms with Crippen LogP contribution in [0.4, 0.5) is 5.13 Å². The van der Waals surface area contributed by atoms with Crippen molar-refractivity contribution in [3.8, 4) is 0 Å². The number of rotatable bonds is 10. The number of thiazole rings is 1. The second-order valence-electron chi connectivity index (χ2n) is 5.24. The van der Waals surface area contributed by atoms with Crippen molar-refractivity contribution in [3.05, 3.63) is 11.1 Å². The number of nitrogens with one attached hydrogen (secondary N) is 1. The summed E-state index contributed by atoms with van der Waals surface area (Å²) in [6.45, 7) is 5.44. The van der Waals surface area contributed by atoms with Gasteiger partial charge in [-0.3, -0.25) is 4.79 Å². The number of unbranched alkanes of at least 4 members (excludes halogenated alkanes) is 3. The third-order valence-electron chi connectivity index (χ3n) is 2.87. The predicted molar refractivity (Wildman–Crippen MR) is 79.9 cm³/mol. The maximum Gasteiger partial charge on any atom is 0.309 e. The average molecular weight is 284 g/mol. The summed E-state index contributed by atoms with van der Waals surface area (Å²) in [5.74, 6) is -0.0249. The topological polar surface area (TPSA) is 62.2 Å². The standard InChI is InChI=1S/C14H24N2O2S/c1-11(2)7-5-3-4-6-8-15-14-16-12(10-19-14)9-13(17)18/h10-11H,3-9H2,1-2H3,(H,15,16)(H,17,18). The number of nitrogens with zero attached hydrogens (tertiary/aromatic N) is 1. The molecule has 0 radical (unpaired) electrons. The molecule has 0 saturated heterocycles. The molecule has 0 aliphatic carbocycles. The van der Waals surface area contributed by atoms with E-state index in [4.69, 9.17) is 5.11 Å². The van der Waals surface area contributed by atoms with Gasteiger partial charge in [-0.1, -0.05) is 39.5 Å². The van der Waals surface area contributed by atoms with Crippen LogP contribution in [0.2, 0.25) is 0 Å². The van der Waals surface area contributed by atoms with Crippen LogP contribution in [-0.2, 0) is 11.2 Å². The van der Waals surface area contributed by atoms with E-state index in [0.717, 1.165) is 24.0 Å². The third kappa shape index (κ3) is 7.82. The molecule has 5 heteroatoms. The van der Waals surface area contributed by atoms with Crippen molar-refractivity contribution in [2.45, 2.75) is 52.4 Å². The molecule has 0 aliphatic rings. The average Bonchev–Trinajstić information content (AvgIpc) is 2.74. The Morgan fingerprint density at radius 2 is 2.11 bits per heavy atom. The summed E-state index contributed by atoms with van der Waals surface area (Å²) in [6, 6.07) is 0. The quantitative estimate of drug-likeness (QED) is 0.642. The van der Waals surface area contributed by atoms with Crippen LogP contribution >= 0.6 is 11.3 Å². The van der Waals surface area contributed by atoms with Gasteiger partial charge in [0, 0.05) is 11.9 Å². The molecule has 2 N–H and O–H groups in total. The first-order valence-electron chi connectivity index (χ1n) is 6.98. The smallest absolute Gasteiger partial charge is 0.309 e. The van der Waals surface area contributed by atoms with E-state index in [0.29, 0.717) is 5.69 Å². The summed E-state index contributed by atoms with van der Waals surface area (Å²) >= 11 is 1.48. The number of aromatic nitrogens is 1. The highest BCUT2D eigenvalue weighted by atomic mass is 32.1. The third-order valence-corrected chi connectivity index (χ3v) is 3.72. The SMILES string of the molecule is CC(C)CCCCCCNc1nc(CC(=O)O)cs1. The van der Waals surface area contributed by atoms with E-state index in [1.807, 2.05) is 0 Å². The van der Waals surface area contributed by atoms with E-state index in [9.17, 15) is 4.79 Å². The molecule has 1 heterocycles. The maximum absolute atomic E-state index is 10.5. The highest BCUT2D eigenvalue weighted by Gasteiger charge is 2.05. The lowest BCUT2D eigenvalue weighted by molar-refractivity contribution is -0.136. The number of carbonyl (C=O) groups is 1. The van der Waals surface area contributed by atoms with Gasteiger partial charge < -0.3 is 10.4 Å². The molecule has 1 aromatic rings. The highest BCUT2D eigenvalue weighted by molar-refractivity contribution is 7.13. The fourth-order valence-electron chi connectivity index (χ4n) is 1.85. The van der Waals surface area contributed by atoms with Gasteiger partial charge >= 0.3 is 5.97 Å². The van der Waals surface area contributed by atoms with Crippen LogP contribution in [0, 0.1) is 5.92 Å². The van der Waals surface area contributed by atoms with Gasteiger partial charge in [0.2, 0.25) is 0 Å². The van der Waals surface area contributed by atoms with Gasteiger partial charge in [-0.05, 0) is 12.3 Å². The van der Waals surface area contributed by atoms with Crippen LogP contribution in [0.3, 0.4) is 0 Å². The Morgan fingerprint density at radius 1 is 1.37 bits per heavy atom. The minimum absolute atomic E-state index is 0.00732. The Kier molecular flexibility index (Phi) is 7.48. The van der Waals surface area contributed by atoms with E-state index in [-0.39, 0.29) is 6.42 Å². The fourth-order valence-corrected chi connectivity index (χ4v) is 2.59. The van der Waals surface area contributed by atoms with Crippen LogP contribution in [0.1, 0.15) is 51.6 Å². The summed E-state index contributed by atoms with van der Waals surface area (Å²) in [5, 5.41) is 14.5. The maximum atomic E-state index is 10.5. The van der Waals surface area contributed by atoms with Crippen molar-refractivity contribution < 1.29 is 9.90 Å². The minimum Gasteiger partial charge on any atom is -0.481 e. The van der Waals surface area contributed by atoms with Gasteiger partial charge in [0.15, 0.2) is 5.13 Å².